The molecule has 0 fully saturated rings. The highest BCUT2D eigenvalue weighted by molar-refractivity contribution is 6.18. The third kappa shape index (κ3) is 3.48. The first-order valence-electron chi connectivity index (χ1n) is 7.68. The van der Waals surface area contributed by atoms with Gasteiger partial charge in [0.05, 0.1) is 31.3 Å². The second kappa shape index (κ2) is 7.77. The number of methoxy groups -OCH3 is 2. The molecule has 1 atom stereocenters. The van der Waals surface area contributed by atoms with Gasteiger partial charge in [-0.3, -0.25) is 9.59 Å². The Balaban J connectivity index is 2.46. The molecule has 0 saturated heterocycles. The van der Waals surface area contributed by atoms with Gasteiger partial charge >= 0.3 is 0 Å². The average Bonchev–Trinajstić information content (AvgIpc) is 2.61. The SMILES string of the molecule is [CH2]C(C)C(C(=O)c1ccccc1OC)C(=O)c1ccccc1OC. The molecule has 0 aliphatic carbocycles. The smallest absolute Gasteiger partial charge is 0.177 e. The fourth-order valence-corrected chi connectivity index (χ4v) is 2.67. The van der Waals surface area contributed by atoms with Crippen LogP contribution in [0.3, 0.4) is 0 Å². The fraction of sp³-hybridized carbons (Fsp3) is 0.250. The molecule has 4 heteroatoms. The van der Waals surface area contributed by atoms with Crippen LogP contribution in [-0.4, -0.2) is 25.8 Å². The molecule has 0 aromatic heterocycles. The number of ketones is 2. The van der Waals surface area contributed by atoms with Gasteiger partial charge in [-0.25, -0.2) is 0 Å². The van der Waals surface area contributed by atoms with E-state index in [1.807, 2.05) is 0 Å². The Hall–Kier alpha value is -2.62. The van der Waals surface area contributed by atoms with Crippen LogP contribution in [0.15, 0.2) is 48.5 Å². The van der Waals surface area contributed by atoms with Crippen LogP contribution in [0, 0.1) is 18.8 Å². The standard InChI is InChI=1S/C20H21O4/c1-13(2)18(19(21)14-9-5-7-11-16(14)23-3)20(22)15-10-6-8-12-17(15)24-4/h5-13,18H,1H2,2-4H3. The minimum absolute atomic E-state index is 0.300. The van der Waals surface area contributed by atoms with Gasteiger partial charge in [-0.15, -0.1) is 0 Å². The second-order valence-corrected chi connectivity index (χ2v) is 5.58. The highest BCUT2D eigenvalue weighted by Gasteiger charge is 2.34. The molecular formula is C20H21O4. The van der Waals surface area contributed by atoms with Crippen LogP contribution in [0.5, 0.6) is 11.5 Å². The van der Waals surface area contributed by atoms with E-state index in [-0.39, 0.29) is 11.6 Å². The number of carbonyl (C=O) groups excluding carboxylic acids is 2. The number of benzene rings is 2. The lowest BCUT2D eigenvalue weighted by molar-refractivity contribution is 0.0773. The third-order valence-corrected chi connectivity index (χ3v) is 3.88. The van der Waals surface area contributed by atoms with Crippen molar-refractivity contribution in [3.05, 3.63) is 66.6 Å². The maximum atomic E-state index is 13.0. The summed E-state index contributed by atoms with van der Waals surface area (Å²) in [6.07, 6.45) is 0. The van der Waals surface area contributed by atoms with E-state index >= 15 is 0 Å². The monoisotopic (exact) mass is 325 g/mol. The predicted octanol–water partition coefficient (Wildman–Crippen LogP) is 3.86. The summed E-state index contributed by atoms with van der Waals surface area (Å²) in [5.41, 5.74) is 0.757. The lowest BCUT2D eigenvalue weighted by Crippen LogP contribution is -2.30. The van der Waals surface area contributed by atoms with E-state index in [1.54, 1.807) is 55.5 Å². The van der Waals surface area contributed by atoms with E-state index in [1.165, 1.54) is 14.2 Å². The van der Waals surface area contributed by atoms with Crippen LogP contribution >= 0.6 is 0 Å². The van der Waals surface area contributed by atoms with E-state index in [0.717, 1.165) is 0 Å². The van der Waals surface area contributed by atoms with Crippen molar-refractivity contribution in [1.82, 2.24) is 0 Å². The van der Waals surface area contributed by atoms with Crippen LogP contribution < -0.4 is 9.47 Å². The number of hydrogen-bond donors (Lipinski definition) is 0. The van der Waals surface area contributed by atoms with E-state index in [4.69, 9.17) is 9.47 Å². The zero-order chi connectivity index (χ0) is 17.7. The summed E-state index contributed by atoms with van der Waals surface area (Å²) in [6.45, 7) is 5.67. The molecule has 2 aromatic carbocycles. The Labute approximate surface area is 142 Å². The van der Waals surface area contributed by atoms with E-state index in [9.17, 15) is 9.59 Å². The highest BCUT2D eigenvalue weighted by atomic mass is 16.5. The molecule has 2 rings (SSSR count). The molecule has 1 unspecified atom stereocenters. The van der Waals surface area contributed by atoms with Crippen LogP contribution in [0.4, 0.5) is 0 Å². The van der Waals surface area contributed by atoms with Crippen molar-refractivity contribution in [3.63, 3.8) is 0 Å². The second-order valence-electron chi connectivity index (χ2n) is 5.58. The first kappa shape index (κ1) is 17.7. The van der Waals surface area contributed by atoms with E-state index in [0.29, 0.717) is 22.6 Å². The maximum Gasteiger partial charge on any atom is 0.177 e. The van der Waals surface area contributed by atoms with Crippen molar-refractivity contribution in [2.45, 2.75) is 6.92 Å². The van der Waals surface area contributed by atoms with Crippen molar-refractivity contribution in [1.29, 1.82) is 0 Å². The Kier molecular flexibility index (Phi) is 5.74. The topological polar surface area (TPSA) is 52.6 Å². The summed E-state index contributed by atoms with van der Waals surface area (Å²) >= 11 is 0. The molecule has 0 spiro atoms. The summed E-state index contributed by atoms with van der Waals surface area (Å²) in [5.74, 6) is -1.02. The first-order chi connectivity index (χ1) is 11.5. The number of ether oxygens (including phenoxy) is 2. The summed E-state index contributed by atoms with van der Waals surface area (Å²) < 4.78 is 10.5. The molecule has 0 N–H and O–H groups in total. The summed E-state index contributed by atoms with van der Waals surface area (Å²) in [7, 11) is 2.99. The van der Waals surface area contributed by atoms with E-state index in [2.05, 4.69) is 6.92 Å². The predicted molar refractivity (Wildman–Crippen MR) is 92.7 cm³/mol. The van der Waals surface area contributed by atoms with Gasteiger partial charge in [-0.1, -0.05) is 31.2 Å². The van der Waals surface area contributed by atoms with Crippen LogP contribution in [0.1, 0.15) is 27.6 Å². The van der Waals surface area contributed by atoms with Gasteiger partial charge in [0.25, 0.3) is 0 Å². The molecule has 0 aliphatic rings. The number of carbonyl (C=O) groups is 2. The van der Waals surface area contributed by atoms with Gasteiger partial charge in [0, 0.05) is 0 Å². The first-order valence-corrected chi connectivity index (χ1v) is 7.68. The fourth-order valence-electron chi connectivity index (χ4n) is 2.67. The van der Waals surface area contributed by atoms with Crippen LogP contribution in [0.2, 0.25) is 0 Å². The Morgan fingerprint density at radius 3 is 1.54 bits per heavy atom. The molecule has 0 heterocycles. The maximum absolute atomic E-state index is 13.0. The largest absolute Gasteiger partial charge is 0.496 e. The van der Waals surface area contributed by atoms with Crippen molar-refractivity contribution in [2.24, 2.45) is 11.8 Å². The Morgan fingerprint density at radius 1 is 0.833 bits per heavy atom. The van der Waals surface area contributed by atoms with Gasteiger partial charge in [0.1, 0.15) is 11.5 Å². The summed E-state index contributed by atoms with van der Waals surface area (Å²) in [6, 6.07) is 13.8. The lowest BCUT2D eigenvalue weighted by atomic mass is 9.81. The zero-order valence-electron chi connectivity index (χ0n) is 14.1. The Morgan fingerprint density at radius 2 is 1.21 bits per heavy atom. The molecule has 0 aliphatic heterocycles. The summed E-state index contributed by atoms with van der Waals surface area (Å²) in [4.78, 5) is 26.0. The Bertz CT molecular complexity index is 674. The number of Topliss-reactive ketones (excluding diaryl/α,β-unsaturated/α-hetero) is 2. The molecule has 4 nitrogen and oxygen atoms in total. The average molecular weight is 325 g/mol. The zero-order valence-corrected chi connectivity index (χ0v) is 14.1. The molecule has 24 heavy (non-hydrogen) atoms. The number of hydrogen-bond acceptors (Lipinski definition) is 4. The summed E-state index contributed by atoms with van der Waals surface area (Å²) in [5, 5.41) is 0. The van der Waals surface area contributed by atoms with Gasteiger partial charge in [0.2, 0.25) is 0 Å². The van der Waals surface area contributed by atoms with E-state index < -0.39 is 11.8 Å². The normalized spacial score (nSPS) is 10.8. The van der Waals surface area contributed by atoms with Crippen molar-refractivity contribution in [3.8, 4) is 11.5 Å². The van der Waals surface area contributed by atoms with Crippen LogP contribution in [-0.2, 0) is 0 Å². The van der Waals surface area contributed by atoms with Gasteiger partial charge in [0.15, 0.2) is 11.6 Å². The van der Waals surface area contributed by atoms with Gasteiger partial charge in [-0.05, 0) is 37.1 Å². The van der Waals surface area contributed by atoms with Gasteiger partial charge < -0.3 is 9.47 Å². The lowest BCUT2D eigenvalue weighted by Gasteiger charge is -2.20. The van der Waals surface area contributed by atoms with Gasteiger partial charge in [-0.2, -0.15) is 0 Å². The highest BCUT2D eigenvalue weighted by Crippen LogP contribution is 2.29. The van der Waals surface area contributed by atoms with Crippen LogP contribution in [0.25, 0.3) is 0 Å². The quantitative estimate of drug-likeness (QED) is 0.573. The molecule has 125 valence electrons. The minimum atomic E-state index is -0.905. The molecular weight excluding hydrogens is 304 g/mol. The molecule has 1 radical (unpaired) electrons. The third-order valence-electron chi connectivity index (χ3n) is 3.88. The number of para-hydroxylation sites is 2. The van der Waals surface area contributed by atoms with Crippen molar-refractivity contribution < 1.29 is 19.1 Å². The molecule has 0 bridgehead atoms. The number of rotatable bonds is 7. The molecule has 0 amide bonds. The van der Waals surface area contributed by atoms with Crippen molar-refractivity contribution >= 4 is 11.6 Å². The molecule has 2 aromatic rings. The van der Waals surface area contributed by atoms with Crippen molar-refractivity contribution in [2.75, 3.05) is 14.2 Å². The molecule has 0 saturated carbocycles. The minimum Gasteiger partial charge on any atom is -0.496 e.